The normalized spacial score (nSPS) is 11.5. The molecule has 0 bridgehead atoms. The largest absolute Gasteiger partial charge is 0.416 e. The second-order valence-electron chi connectivity index (χ2n) is 4.60. The number of nitrogens with one attached hydrogen (secondary N) is 1. The van der Waals surface area contributed by atoms with Crippen molar-refractivity contribution >= 4 is 17.3 Å². The second kappa shape index (κ2) is 5.59. The number of nitrogens with zero attached hydrogens (tertiary/aromatic N) is 2. The molecule has 0 fully saturated rings. The predicted molar refractivity (Wildman–Crippen MR) is 75.3 cm³/mol. The first kappa shape index (κ1) is 15.1. The molecular weight excluding hydrogens is 281 g/mol. The Balaban J connectivity index is 2.37. The average Bonchev–Trinajstić information content (AvgIpc) is 2.39. The summed E-state index contributed by atoms with van der Waals surface area (Å²) in [6, 6.07) is 5.00. The van der Waals surface area contributed by atoms with Crippen molar-refractivity contribution in [2.24, 2.45) is 0 Å². The van der Waals surface area contributed by atoms with Gasteiger partial charge in [-0.2, -0.15) is 13.2 Å². The van der Waals surface area contributed by atoms with Crippen LogP contribution in [0.1, 0.15) is 23.9 Å². The molecule has 1 heterocycles. The van der Waals surface area contributed by atoms with E-state index in [9.17, 15) is 13.2 Å². The Bertz CT molecular complexity index is 653. The zero-order chi connectivity index (χ0) is 15.6. The molecule has 2 rings (SSSR count). The lowest BCUT2D eigenvalue weighted by atomic mass is 10.1. The molecule has 7 heteroatoms. The van der Waals surface area contributed by atoms with Crippen molar-refractivity contribution in [2.75, 3.05) is 11.1 Å². The van der Waals surface area contributed by atoms with Crippen LogP contribution in [0.4, 0.5) is 30.5 Å². The molecule has 1 aromatic carbocycles. The Morgan fingerprint density at radius 3 is 2.52 bits per heavy atom. The zero-order valence-electron chi connectivity index (χ0n) is 11.6. The van der Waals surface area contributed by atoms with E-state index in [2.05, 4.69) is 15.3 Å². The van der Waals surface area contributed by atoms with Gasteiger partial charge in [0.05, 0.1) is 5.56 Å². The van der Waals surface area contributed by atoms with Gasteiger partial charge in [-0.25, -0.2) is 9.97 Å². The number of halogens is 3. The van der Waals surface area contributed by atoms with Gasteiger partial charge in [0.1, 0.15) is 17.5 Å². The van der Waals surface area contributed by atoms with Crippen LogP contribution in [0.3, 0.4) is 0 Å². The molecule has 0 radical (unpaired) electrons. The first-order valence-corrected chi connectivity index (χ1v) is 6.38. The van der Waals surface area contributed by atoms with Gasteiger partial charge >= 0.3 is 6.18 Å². The summed E-state index contributed by atoms with van der Waals surface area (Å²) >= 11 is 0. The van der Waals surface area contributed by atoms with Crippen molar-refractivity contribution < 1.29 is 13.2 Å². The van der Waals surface area contributed by atoms with Gasteiger partial charge in [-0.3, -0.25) is 0 Å². The summed E-state index contributed by atoms with van der Waals surface area (Å²) in [6.07, 6.45) is -3.80. The van der Waals surface area contributed by atoms with Gasteiger partial charge in [-0.15, -0.1) is 0 Å². The van der Waals surface area contributed by atoms with Crippen molar-refractivity contribution in [2.45, 2.75) is 26.4 Å². The molecule has 4 nitrogen and oxygen atoms in total. The third kappa shape index (κ3) is 3.62. The Labute approximate surface area is 120 Å². The second-order valence-corrected chi connectivity index (χ2v) is 4.60. The van der Waals surface area contributed by atoms with E-state index in [1.54, 1.807) is 6.92 Å². The zero-order valence-corrected chi connectivity index (χ0v) is 11.6. The summed E-state index contributed by atoms with van der Waals surface area (Å²) in [5.74, 6) is 1.18. The lowest BCUT2D eigenvalue weighted by molar-refractivity contribution is -0.137. The molecule has 112 valence electrons. The molecule has 2 aromatic rings. The molecule has 0 aliphatic rings. The summed E-state index contributed by atoms with van der Waals surface area (Å²) < 4.78 is 38.2. The number of anilines is 3. The Hall–Kier alpha value is -2.31. The van der Waals surface area contributed by atoms with Gasteiger partial charge in [-0.05, 0) is 24.6 Å². The van der Waals surface area contributed by atoms with Crippen molar-refractivity contribution in [3.8, 4) is 0 Å². The number of benzene rings is 1. The molecule has 21 heavy (non-hydrogen) atoms. The molecule has 3 N–H and O–H groups in total. The lowest BCUT2D eigenvalue weighted by Crippen LogP contribution is -2.07. The van der Waals surface area contributed by atoms with E-state index in [1.807, 2.05) is 6.92 Å². The van der Waals surface area contributed by atoms with Crippen molar-refractivity contribution in [1.29, 1.82) is 0 Å². The number of hydrogen-bond donors (Lipinski definition) is 2. The molecule has 0 unspecified atom stereocenters. The highest BCUT2D eigenvalue weighted by molar-refractivity contribution is 5.63. The fourth-order valence-electron chi connectivity index (χ4n) is 1.81. The number of nitrogens with two attached hydrogens (primary N) is 1. The molecule has 1 aromatic heterocycles. The minimum absolute atomic E-state index is 0.272. The van der Waals surface area contributed by atoms with Crippen LogP contribution in [-0.2, 0) is 12.6 Å². The van der Waals surface area contributed by atoms with Gasteiger partial charge in [0.2, 0.25) is 0 Å². The molecule has 0 aliphatic heterocycles. The Morgan fingerprint density at radius 2 is 1.90 bits per heavy atom. The summed E-state index contributed by atoms with van der Waals surface area (Å²) in [5.41, 5.74) is 5.96. The van der Waals surface area contributed by atoms with Gasteiger partial charge in [0, 0.05) is 18.2 Å². The van der Waals surface area contributed by atoms with E-state index in [1.165, 1.54) is 12.1 Å². The first-order chi connectivity index (χ1) is 9.79. The number of alkyl halides is 3. The maximum absolute atomic E-state index is 12.7. The van der Waals surface area contributed by atoms with Gasteiger partial charge in [0.15, 0.2) is 0 Å². The van der Waals surface area contributed by atoms with E-state index in [4.69, 9.17) is 5.73 Å². The first-order valence-electron chi connectivity index (χ1n) is 6.38. The Morgan fingerprint density at radius 1 is 1.19 bits per heavy atom. The fourth-order valence-corrected chi connectivity index (χ4v) is 1.81. The molecule has 0 saturated carbocycles. The standard InChI is InChI=1S/C14H15F3N4/c1-3-12-20-11(18)7-13(21-12)19-10-6-9(14(15,16)17)5-4-8(10)2/h4-7H,3H2,1-2H3,(H3,18,19,20,21). The summed E-state index contributed by atoms with van der Waals surface area (Å²) in [5, 5.41) is 2.87. The highest BCUT2D eigenvalue weighted by Crippen LogP contribution is 2.32. The number of rotatable bonds is 3. The topological polar surface area (TPSA) is 63.8 Å². The van der Waals surface area contributed by atoms with Gasteiger partial charge in [-0.1, -0.05) is 13.0 Å². The number of nitrogen functional groups attached to an aromatic ring is 1. The smallest absolute Gasteiger partial charge is 0.384 e. The lowest BCUT2D eigenvalue weighted by Gasteiger charge is -2.13. The highest BCUT2D eigenvalue weighted by Gasteiger charge is 2.30. The van der Waals surface area contributed by atoms with Gasteiger partial charge < -0.3 is 11.1 Å². The van der Waals surface area contributed by atoms with Crippen LogP contribution in [-0.4, -0.2) is 9.97 Å². The molecular formula is C14H15F3N4. The summed E-state index contributed by atoms with van der Waals surface area (Å²) in [7, 11) is 0. The van der Waals surface area contributed by atoms with Crippen LogP contribution >= 0.6 is 0 Å². The quantitative estimate of drug-likeness (QED) is 0.906. The van der Waals surface area contributed by atoms with Crippen LogP contribution < -0.4 is 11.1 Å². The third-order valence-electron chi connectivity index (χ3n) is 2.94. The number of aromatic nitrogens is 2. The van der Waals surface area contributed by atoms with Crippen LogP contribution in [0, 0.1) is 6.92 Å². The van der Waals surface area contributed by atoms with Crippen molar-refractivity contribution in [3.05, 3.63) is 41.2 Å². The van der Waals surface area contributed by atoms with Crippen molar-refractivity contribution in [1.82, 2.24) is 9.97 Å². The minimum Gasteiger partial charge on any atom is -0.384 e. The molecule has 0 spiro atoms. The Kier molecular flexibility index (Phi) is 4.02. The average molecular weight is 296 g/mol. The predicted octanol–water partition coefficient (Wildman–Crippen LogP) is 3.69. The number of hydrogen-bond acceptors (Lipinski definition) is 4. The molecule has 0 aliphatic carbocycles. The maximum atomic E-state index is 12.7. The van der Waals surface area contributed by atoms with E-state index in [0.29, 0.717) is 29.3 Å². The van der Waals surface area contributed by atoms with Crippen LogP contribution in [0.5, 0.6) is 0 Å². The van der Waals surface area contributed by atoms with E-state index in [0.717, 1.165) is 12.1 Å². The van der Waals surface area contributed by atoms with Crippen LogP contribution in [0.15, 0.2) is 24.3 Å². The van der Waals surface area contributed by atoms with Crippen LogP contribution in [0.25, 0.3) is 0 Å². The monoisotopic (exact) mass is 296 g/mol. The molecule has 0 amide bonds. The third-order valence-corrected chi connectivity index (χ3v) is 2.94. The van der Waals surface area contributed by atoms with E-state index in [-0.39, 0.29) is 5.82 Å². The number of aryl methyl sites for hydroxylation is 2. The fraction of sp³-hybridized carbons (Fsp3) is 0.286. The SMILES string of the molecule is CCc1nc(N)cc(Nc2cc(C(F)(F)F)ccc2C)n1. The molecule has 0 atom stereocenters. The van der Waals surface area contributed by atoms with E-state index < -0.39 is 11.7 Å². The molecule has 0 saturated heterocycles. The summed E-state index contributed by atoms with van der Waals surface area (Å²) in [6.45, 7) is 3.59. The van der Waals surface area contributed by atoms with Crippen LogP contribution in [0.2, 0.25) is 0 Å². The minimum atomic E-state index is -4.39. The highest BCUT2D eigenvalue weighted by atomic mass is 19.4. The maximum Gasteiger partial charge on any atom is 0.416 e. The van der Waals surface area contributed by atoms with Crippen molar-refractivity contribution in [3.63, 3.8) is 0 Å². The van der Waals surface area contributed by atoms with E-state index >= 15 is 0 Å². The van der Waals surface area contributed by atoms with Gasteiger partial charge in [0.25, 0.3) is 0 Å². The summed E-state index contributed by atoms with van der Waals surface area (Å²) in [4.78, 5) is 8.22.